The Kier molecular flexibility index (Phi) is 10.6. The van der Waals surface area contributed by atoms with Crippen LogP contribution in [0.15, 0.2) is 60.7 Å². The Bertz CT molecular complexity index is 959. The van der Waals surface area contributed by atoms with Crippen LogP contribution in [0.1, 0.15) is 41.5 Å². The zero-order valence-corrected chi connectivity index (χ0v) is 19.9. The lowest BCUT2D eigenvalue weighted by Crippen LogP contribution is -2.44. The third kappa shape index (κ3) is 9.28. The van der Waals surface area contributed by atoms with E-state index in [1.807, 2.05) is 0 Å². The lowest BCUT2D eigenvalue weighted by Gasteiger charge is -2.31. The van der Waals surface area contributed by atoms with E-state index in [4.69, 9.17) is 24.1 Å². The first kappa shape index (κ1) is 28.8. The molecule has 0 radical (unpaired) electrons. The van der Waals surface area contributed by atoms with Gasteiger partial charge in [0, 0.05) is 16.7 Å². The quantitative estimate of drug-likeness (QED) is 0.250. The first-order chi connectivity index (χ1) is 16.3. The summed E-state index contributed by atoms with van der Waals surface area (Å²) < 4.78 is 21.0. The van der Waals surface area contributed by atoms with Crippen molar-refractivity contribution in [3.63, 3.8) is 0 Å². The van der Waals surface area contributed by atoms with E-state index >= 15 is 0 Å². The fraction of sp³-hybridized carbons (Fsp3) is 0.320. The molecule has 0 aliphatic rings. The summed E-state index contributed by atoms with van der Waals surface area (Å²) >= 11 is 0. The highest BCUT2D eigenvalue weighted by atomic mass is 16.6. The Morgan fingerprint density at radius 3 is 1.29 bits per heavy atom. The summed E-state index contributed by atoms with van der Waals surface area (Å²) in [5, 5.41) is 8.99. The molecule has 1 N–H and O–H groups in total. The molecule has 0 amide bonds. The number of rotatable bonds is 13. The van der Waals surface area contributed by atoms with Crippen molar-refractivity contribution in [2.75, 3.05) is 26.4 Å². The van der Waals surface area contributed by atoms with Crippen molar-refractivity contribution in [1.82, 2.24) is 0 Å². The lowest BCUT2D eigenvalue weighted by atomic mass is 9.92. The van der Waals surface area contributed by atoms with E-state index in [2.05, 4.69) is 19.7 Å². The molecule has 0 aromatic heterocycles. The first-order valence-corrected chi connectivity index (χ1v) is 10.3. The summed E-state index contributed by atoms with van der Waals surface area (Å²) in [6.07, 6.45) is 0. The van der Waals surface area contributed by atoms with Crippen LogP contribution in [0.4, 0.5) is 0 Å². The molecule has 10 nitrogen and oxygen atoms in total. The van der Waals surface area contributed by atoms with Gasteiger partial charge in [-0.05, 0) is 45.0 Å². The van der Waals surface area contributed by atoms with Crippen LogP contribution in [0, 0.1) is 5.41 Å². The minimum absolute atomic E-state index is 0.0268. The summed E-state index contributed by atoms with van der Waals surface area (Å²) in [5.41, 5.74) is -1.20. The standard InChI is InChI=1S/C25H28O10/c1-15(2)21(28)32-11-25(12-33-22(29)16(3)4,13-34-23(30)17(5)6)14-35-24(31)19-9-7-18(8-10-19)20(26)27/h7-10H,1,3,5,11-14H2,2,4,6H3,(H,26,27). The van der Waals surface area contributed by atoms with Gasteiger partial charge in [0.05, 0.1) is 11.1 Å². The zero-order chi connectivity index (χ0) is 26.8. The molecule has 188 valence electrons. The van der Waals surface area contributed by atoms with Gasteiger partial charge < -0.3 is 24.1 Å². The second-order valence-electron chi connectivity index (χ2n) is 8.03. The number of aromatic carboxylic acids is 1. The second kappa shape index (κ2) is 12.9. The van der Waals surface area contributed by atoms with Crippen molar-refractivity contribution in [1.29, 1.82) is 0 Å². The van der Waals surface area contributed by atoms with E-state index in [0.29, 0.717) is 0 Å². The molecular weight excluding hydrogens is 460 g/mol. The predicted molar refractivity (Wildman–Crippen MR) is 123 cm³/mol. The van der Waals surface area contributed by atoms with E-state index in [1.54, 1.807) is 0 Å². The van der Waals surface area contributed by atoms with Gasteiger partial charge in [0.15, 0.2) is 0 Å². The lowest BCUT2D eigenvalue weighted by molar-refractivity contribution is -0.160. The minimum atomic E-state index is -1.49. The Morgan fingerprint density at radius 1 is 0.657 bits per heavy atom. The van der Waals surface area contributed by atoms with E-state index < -0.39 is 61.7 Å². The molecule has 35 heavy (non-hydrogen) atoms. The number of hydrogen-bond donors (Lipinski definition) is 1. The molecule has 0 unspecified atom stereocenters. The predicted octanol–water partition coefficient (Wildman–Crippen LogP) is 2.89. The Morgan fingerprint density at radius 2 is 0.971 bits per heavy atom. The highest BCUT2D eigenvalue weighted by Gasteiger charge is 2.38. The van der Waals surface area contributed by atoms with E-state index in [9.17, 15) is 24.0 Å². The minimum Gasteiger partial charge on any atom is -0.478 e. The summed E-state index contributed by atoms with van der Waals surface area (Å²) in [6, 6.07) is 4.97. The van der Waals surface area contributed by atoms with Gasteiger partial charge in [-0.1, -0.05) is 19.7 Å². The smallest absolute Gasteiger partial charge is 0.338 e. The molecule has 1 rings (SSSR count). The monoisotopic (exact) mass is 488 g/mol. The van der Waals surface area contributed by atoms with Crippen molar-refractivity contribution in [3.05, 3.63) is 71.8 Å². The van der Waals surface area contributed by atoms with Crippen LogP contribution in [-0.4, -0.2) is 61.4 Å². The molecule has 0 aliphatic heterocycles. The number of carboxylic acids is 1. The van der Waals surface area contributed by atoms with Gasteiger partial charge in [0.2, 0.25) is 0 Å². The first-order valence-electron chi connectivity index (χ1n) is 10.3. The molecule has 1 aromatic rings. The third-order valence-electron chi connectivity index (χ3n) is 4.45. The van der Waals surface area contributed by atoms with Crippen LogP contribution in [0.2, 0.25) is 0 Å². The fourth-order valence-electron chi connectivity index (χ4n) is 2.33. The Balaban J connectivity index is 3.19. The van der Waals surface area contributed by atoms with Crippen molar-refractivity contribution < 1.29 is 48.0 Å². The highest BCUT2D eigenvalue weighted by Crippen LogP contribution is 2.23. The van der Waals surface area contributed by atoms with Crippen LogP contribution in [0.5, 0.6) is 0 Å². The molecule has 0 spiro atoms. The summed E-state index contributed by atoms with van der Waals surface area (Å²) in [7, 11) is 0. The Hall–Kier alpha value is -4.21. The van der Waals surface area contributed by atoms with E-state index in [0.717, 1.165) is 0 Å². The van der Waals surface area contributed by atoms with Crippen molar-refractivity contribution in [3.8, 4) is 0 Å². The highest BCUT2D eigenvalue weighted by molar-refractivity contribution is 5.92. The molecule has 1 aromatic carbocycles. The fourth-order valence-corrected chi connectivity index (χ4v) is 2.33. The average molecular weight is 488 g/mol. The maximum Gasteiger partial charge on any atom is 0.338 e. The molecule has 0 bridgehead atoms. The topological polar surface area (TPSA) is 142 Å². The number of ether oxygens (including phenoxy) is 4. The average Bonchev–Trinajstić information content (AvgIpc) is 2.81. The number of carbonyl (C=O) groups excluding carboxylic acids is 4. The van der Waals surface area contributed by atoms with Crippen molar-refractivity contribution >= 4 is 29.8 Å². The number of benzene rings is 1. The van der Waals surface area contributed by atoms with E-state index in [1.165, 1.54) is 45.0 Å². The van der Waals surface area contributed by atoms with Crippen LogP contribution in [0.25, 0.3) is 0 Å². The zero-order valence-electron chi connectivity index (χ0n) is 19.9. The van der Waals surface area contributed by atoms with Crippen LogP contribution in [-0.2, 0) is 33.3 Å². The number of esters is 4. The van der Waals surface area contributed by atoms with Gasteiger partial charge in [0.25, 0.3) is 0 Å². The number of hydrogen-bond acceptors (Lipinski definition) is 9. The molecule has 0 saturated heterocycles. The largest absolute Gasteiger partial charge is 0.478 e. The van der Waals surface area contributed by atoms with Gasteiger partial charge in [-0.3, -0.25) is 0 Å². The van der Waals surface area contributed by atoms with Crippen LogP contribution < -0.4 is 0 Å². The summed E-state index contributed by atoms with van der Waals surface area (Å²) in [4.78, 5) is 59.6. The number of carboxylic acid groups (broad SMARTS) is 1. The van der Waals surface area contributed by atoms with Gasteiger partial charge in [-0.2, -0.15) is 0 Å². The maximum atomic E-state index is 12.6. The molecule has 0 heterocycles. The molecular formula is C25H28O10. The van der Waals surface area contributed by atoms with E-state index in [-0.39, 0.29) is 27.8 Å². The SMILES string of the molecule is C=C(C)C(=O)OCC(COC(=O)C(=C)C)(COC(=O)C(=C)C)COC(=O)c1ccc(C(=O)O)cc1. The summed E-state index contributed by atoms with van der Waals surface area (Å²) in [5.74, 6) is -4.29. The van der Waals surface area contributed by atoms with Gasteiger partial charge in [-0.15, -0.1) is 0 Å². The molecule has 0 atom stereocenters. The van der Waals surface area contributed by atoms with Crippen molar-refractivity contribution in [2.45, 2.75) is 20.8 Å². The third-order valence-corrected chi connectivity index (χ3v) is 4.45. The summed E-state index contributed by atoms with van der Waals surface area (Å²) in [6.45, 7) is 12.9. The van der Waals surface area contributed by atoms with Gasteiger partial charge >= 0.3 is 29.8 Å². The molecule has 0 saturated carbocycles. The van der Waals surface area contributed by atoms with Crippen LogP contribution in [0.3, 0.4) is 0 Å². The second-order valence-corrected chi connectivity index (χ2v) is 8.03. The molecule has 10 heteroatoms. The normalized spacial score (nSPS) is 10.5. The molecule has 0 fully saturated rings. The van der Waals surface area contributed by atoms with Crippen LogP contribution >= 0.6 is 0 Å². The Labute approximate surface area is 202 Å². The van der Waals surface area contributed by atoms with Gasteiger partial charge in [-0.25, -0.2) is 24.0 Å². The van der Waals surface area contributed by atoms with Gasteiger partial charge in [0.1, 0.15) is 31.8 Å². The number of carbonyl (C=O) groups is 5. The maximum absolute atomic E-state index is 12.6. The molecule has 0 aliphatic carbocycles. The van der Waals surface area contributed by atoms with Crippen molar-refractivity contribution in [2.24, 2.45) is 5.41 Å².